The molecule has 0 N–H and O–H groups in total. The lowest BCUT2D eigenvalue weighted by Crippen LogP contribution is -2.30. The Morgan fingerprint density at radius 3 is 2.42 bits per heavy atom. The molecule has 3 nitrogen and oxygen atoms in total. The van der Waals surface area contributed by atoms with Gasteiger partial charge in [0, 0.05) is 11.5 Å². The van der Waals surface area contributed by atoms with Crippen LogP contribution in [-0.2, 0) is 14.3 Å². The van der Waals surface area contributed by atoms with Crippen molar-refractivity contribution in [2.45, 2.75) is 13.0 Å². The molecule has 0 amide bonds. The lowest BCUT2D eigenvalue weighted by atomic mass is 10.1. The largest absolute Gasteiger partial charge is 0.266 e. The van der Waals surface area contributed by atoms with Crippen molar-refractivity contribution in [3.05, 3.63) is 0 Å². The first-order valence-electron chi connectivity index (χ1n) is 3.62. The molecule has 0 aliphatic carbocycles. The first-order valence-corrected chi connectivity index (χ1v) is 7.92. The molecule has 1 aliphatic rings. The van der Waals surface area contributed by atoms with Crippen LogP contribution in [0.15, 0.2) is 0 Å². The highest BCUT2D eigenvalue weighted by atomic mass is 33.1. The summed E-state index contributed by atoms with van der Waals surface area (Å²) in [4.78, 5) is 0. The molecule has 0 radical (unpaired) electrons. The average Bonchev–Trinajstić information content (AvgIpc) is 1.91. The molecule has 0 spiro atoms. The standard InChI is InChI=1S/C6H12O3S3/c1-5-3-10-11-4-6(5)9-12(2,7)8/h5-6H,3-4H2,1-2H3. The Morgan fingerprint density at radius 1 is 1.33 bits per heavy atom. The minimum Gasteiger partial charge on any atom is -0.266 e. The van der Waals surface area contributed by atoms with Crippen LogP contribution in [0.3, 0.4) is 0 Å². The number of rotatable bonds is 2. The van der Waals surface area contributed by atoms with Gasteiger partial charge in [-0.3, -0.25) is 4.18 Å². The zero-order chi connectivity index (χ0) is 9.19. The van der Waals surface area contributed by atoms with Crippen LogP contribution in [0.1, 0.15) is 6.92 Å². The van der Waals surface area contributed by atoms with Crippen LogP contribution in [0.4, 0.5) is 0 Å². The minimum absolute atomic E-state index is 0.133. The van der Waals surface area contributed by atoms with Crippen molar-refractivity contribution in [3.8, 4) is 0 Å². The highest BCUT2D eigenvalue weighted by molar-refractivity contribution is 8.76. The quantitative estimate of drug-likeness (QED) is 0.527. The molecule has 0 aromatic carbocycles. The Bertz CT molecular complexity index is 236. The topological polar surface area (TPSA) is 43.4 Å². The van der Waals surface area contributed by atoms with Crippen LogP contribution < -0.4 is 0 Å². The van der Waals surface area contributed by atoms with E-state index in [9.17, 15) is 8.42 Å². The van der Waals surface area contributed by atoms with Crippen molar-refractivity contribution in [2.75, 3.05) is 17.8 Å². The summed E-state index contributed by atoms with van der Waals surface area (Å²) in [6, 6.07) is 0. The van der Waals surface area contributed by atoms with E-state index >= 15 is 0 Å². The van der Waals surface area contributed by atoms with Crippen molar-refractivity contribution in [2.24, 2.45) is 5.92 Å². The molecule has 1 rings (SSSR count). The molecule has 2 atom stereocenters. The first-order chi connectivity index (χ1) is 5.49. The van der Waals surface area contributed by atoms with Gasteiger partial charge < -0.3 is 0 Å². The third kappa shape index (κ3) is 3.55. The Hall–Kier alpha value is 0.610. The van der Waals surface area contributed by atoms with Gasteiger partial charge in [-0.15, -0.1) is 0 Å². The summed E-state index contributed by atoms with van der Waals surface area (Å²) >= 11 is 0. The van der Waals surface area contributed by atoms with E-state index in [1.165, 1.54) is 0 Å². The van der Waals surface area contributed by atoms with Crippen LogP contribution >= 0.6 is 21.6 Å². The maximum absolute atomic E-state index is 10.8. The lowest BCUT2D eigenvalue weighted by molar-refractivity contribution is 0.186. The van der Waals surface area contributed by atoms with Gasteiger partial charge in [0.25, 0.3) is 10.1 Å². The van der Waals surface area contributed by atoms with E-state index in [1.807, 2.05) is 6.92 Å². The van der Waals surface area contributed by atoms with Gasteiger partial charge in [0.1, 0.15) is 0 Å². The fraction of sp³-hybridized carbons (Fsp3) is 1.00. The van der Waals surface area contributed by atoms with E-state index in [0.717, 1.165) is 17.8 Å². The maximum Gasteiger partial charge on any atom is 0.264 e. The van der Waals surface area contributed by atoms with E-state index in [0.29, 0.717) is 5.92 Å². The molecule has 0 saturated carbocycles. The van der Waals surface area contributed by atoms with Crippen molar-refractivity contribution in [1.82, 2.24) is 0 Å². The Kier molecular flexibility index (Phi) is 3.75. The molecular weight excluding hydrogens is 216 g/mol. The fourth-order valence-corrected chi connectivity index (χ4v) is 4.46. The third-order valence-corrected chi connectivity index (χ3v) is 4.79. The van der Waals surface area contributed by atoms with Gasteiger partial charge in [-0.2, -0.15) is 8.42 Å². The minimum atomic E-state index is -3.28. The molecule has 2 unspecified atom stereocenters. The molecule has 1 saturated heterocycles. The first kappa shape index (κ1) is 10.7. The zero-order valence-corrected chi connectivity index (χ0v) is 9.47. The van der Waals surface area contributed by atoms with Crippen LogP contribution in [0.5, 0.6) is 0 Å². The van der Waals surface area contributed by atoms with Crippen molar-refractivity contribution >= 4 is 31.7 Å². The molecular formula is C6H12O3S3. The van der Waals surface area contributed by atoms with Crippen molar-refractivity contribution in [3.63, 3.8) is 0 Å². The molecule has 0 bridgehead atoms. The van der Waals surface area contributed by atoms with Gasteiger partial charge in [-0.1, -0.05) is 28.5 Å². The summed E-state index contributed by atoms with van der Waals surface area (Å²) in [5.41, 5.74) is 0. The van der Waals surface area contributed by atoms with Crippen molar-refractivity contribution < 1.29 is 12.6 Å². The molecule has 6 heteroatoms. The van der Waals surface area contributed by atoms with Crippen LogP contribution in [0.25, 0.3) is 0 Å². The summed E-state index contributed by atoms with van der Waals surface area (Å²) in [7, 11) is 0.170. The highest BCUT2D eigenvalue weighted by Gasteiger charge is 2.26. The van der Waals surface area contributed by atoms with Gasteiger partial charge in [-0.05, 0) is 5.92 Å². The van der Waals surface area contributed by atoms with E-state index < -0.39 is 10.1 Å². The fourth-order valence-electron chi connectivity index (χ4n) is 0.889. The second-order valence-electron chi connectivity index (χ2n) is 2.89. The van der Waals surface area contributed by atoms with Gasteiger partial charge in [0.15, 0.2) is 0 Å². The maximum atomic E-state index is 10.8. The van der Waals surface area contributed by atoms with E-state index in [4.69, 9.17) is 4.18 Å². The summed E-state index contributed by atoms with van der Waals surface area (Å²) in [6.45, 7) is 2.02. The normalized spacial score (nSPS) is 31.8. The predicted octanol–water partition coefficient (Wildman–Crippen LogP) is 1.36. The molecule has 0 aromatic rings. The highest BCUT2D eigenvalue weighted by Crippen LogP contribution is 2.34. The zero-order valence-electron chi connectivity index (χ0n) is 7.02. The molecule has 0 aromatic heterocycles. The Balaban J connectivity index is 2.50. The van der Waals surface area contributed by atoms with E-state index in [1.54, 1.807) is 21.6 Å². The SMILES string of the molecule is CC1CSSCC1OS(C)(=O)=O. The average molecular weight is 228 g/mol. The monoisotopic (exact) mass is 228 g/mol. The van der Waals surface area contributed by atoms with Gasteiger partial charge in [-0.25, -0.2) is 0 Å². The number of hydrogen-bond donors (Lipinski definition) is 0. The molecule has 1 heterocycles. The number of hydrogen-bond acceptors (Lipinski definition) is 5. The third-order valence-electron chi connectivity index (χ3n) is 1.58. The van der Waals surface area contributed by atoms with Crippen LogP contribution in [0.2, 0.25) is 0 Å². The van der Waals surface area contributed by atoms with Crippen molar-refractivity contribution in [1.29, 1.82) is 0 Å². The second kappa shape index (κ2) is 4.21. The van der Waals surface area contributed by atoms with Gasteiger partial charge in [0.2, 0.25) is 0 Å². The summed E-state index contributed by atoms with van der Waals surface area (Å²) in [6.07, 6.45) is 0.970. The van der Waals surface area contributed by atoms with Gasteiger partial charge in [0.05, 0.1) is 12.4 Å². The second-order valence-corrected chi connectivity index (χ2v) is 7.04. The van der Waals surface area contributed by atoms with Crippen LogP contribution in [0, 0.1) is 5.92 Å². The Morgan fingerprint density at radius 2 is 1.92 bits per heavy atom. The summed E-state index contributed by atoms with van der Waals surface area (Å²) in [5.74, 6) is 2.05. The molecule has 1 fully saturated rings. The molecule has 12 heavy (non-hydrogen) atoms. The summed E-state index contributed by atoms with van der Waals surface area (Å²) < 4.78 is 26.5. The van der Waals surface area contributed by atoms with E-state index in [2.05, 4.69) is 0 Å². The lowest BCUT2D eigenvalue weighted by Gasteiger charge is -2.26. The Labute approximate surface area is 81.2 Å². The van der Waals surface area contributed by atoms with Gasteiger partial charge >= 0.3 is 0 Å². The summed E-state index contributed by atoms with van der Waals surface area (Å²) in [5, 5.41) is 0. The predicted molar refractivity (Wildman–Crippen MR) is 53.8 cm³/mol. The smallest absolute Gasteiger partial charge is 0.264 e. The molecule has 72 valence electrons. The van der Waals surface area contributed by atoms with Crippen LogP contribution in [-0.4, -0.2) is 32.3 Å². The van der Waals surface area contributed by atoms with E-state index in [-0.39, 0.29) is 6.10 Å². The molecule has 1 aliphatic heterocycles.